The Kier molecular flexibility index (Phi) is 9.74. The van der Waals surface area contributed by atoms with E-state index in [9.17, 15) is 18.0 Å². The smallest absolute Gasteiger partial charge is 0.416 e. The molecule has 224 valence electrons. The number of carbonyl (C=O) groups excluding carboxylic acids is 1. The van der Waals surface area contributed by atoms with Gasteiger partial charge in [-0.2, -0.15) is 13.2 Å². The monoisotopic (exact) mass is 617 g/mol. The van der Waals surface area contributed by atoms with Gasteiger partial charge in [-0.25, -0.2) is 4.98 Å². The Labute approximate surface area is 252 Å². The maximum absolute atomic E-state index is 13.1. The fraction of sp³-hybridized carbons (Fsp3) is 0.355. The number of halogens is 3. The van der Waals surface area contributed by atoms with E-state index in [4.69, 9.17) is 9.15 Å². The number of alkyl halides is 3. The van der Waals surface area contributed by atoms with Crippen LogP contribution in [0.1, 0.15) is 57.2 Å². The van der Waals surface area contributed by atoms with Crippen LogP contribution < -0.4 is 5.32 Å². The van der Waals surface area contributed by atoms with Crippen LogP contribution in [0.3, 0.4) is 0 Å². The highest BCUT2D eigenvalue weighted by molar-refractivity contribution is 8.01. The number of thioether (sulfide) groups is 1. The number of thiazole rings is 1. The number of hydrogen-bond acceptors (Lipinski definition) is 8. The van der Waals surface area contributed by atoms with E-state index in [0.717, 1.165) is 34.0 Å². The molecule has 0 atom stereocenters. The molecule has 11 heteroatoms. The van der Waals surface area contributed by atoms with E-state index in [0.29, 0.717) is 30.5 Å². The molecular weight excluding hydrogens is 583 g/mol. The molecule has 2 aromatic heterocycles. The summed E-state index contributed by atoms with van der Waals surface area (Å²) in [7, 11) is 0. The van der Waals surface area contributed by atoms with Crippen molar-refractivity contribution in [1.82, 2.24) is 9.88 Å². The standard InChI is InChI=1S/C31H34F3N3O3S2/c1-29(2,3)40-27(38)30(4,5)42-26-13-11-21(12-14-26)17-37(19-25-10-7-15-39-25)18-24-20-41-28(36-24)35-23-9-6-8-22(16-23)31(32,33)34/h6-16,20H,17-19H2,1-5H3,(H,35,36). The lowest BCUT2D eigenvalue weighted by Gasteiger charge is -2.28. The van der Waals surface area contributed by atoms with Crippen molar-refractivity contribution in [2.45, 2.75) is 75.7 Å². The summed E-state index contributed by atoms with van der Waals surface area (Å²) in [6, 6.07) is 16.9. The van der Waals surface area contributed by atoms with Gasteiger partial charge in [0, 0.05) is 29.1 Å². The van der Waals surface area contributed by atoms with Gasteiger partial charge in [-0.15, -0.1) is 23.1 Å². The summed E-state index contributed by atoms with van der Waals surface area (Å²) in [5, 5.41) is 5.39. The first-order valence-corrected chi connectivity index (χ1v) is 15.0. The maximum atomic E-state index is 13.1. The normalized spacial score (nSPS) is 12.5. The van der Waals surface area contributed by atoms with Crippen LogP contribution in [0.5, 0.6) is 0 Å². The largest absolute Gasteiger partial charge is 0.468 e. The third kappa shape index (κ3) is 9.37. The number of furan rings is 1. The van der Waals surface area contributed by atoms with Crippen molar-refractivity contribution in [3.8, 4) is 0 Å². The molecule has 6 nitrogen and oxygen atoms in total. The van der Waals surface area contributed by atoms with Crippen LogP contribution in [0.4, 0.5) is 24.0 Å². The van der Waals surface area contributed by atoms with Crippen molar-refractivity contribution in [2.24, 2.45) is 0 Å². The lowest BCUT2D eigenvalue weighted by Crippen LogP contribution is -2.36. The van der Waals surface area contributed by atoms with Gasteiger partial charge in [0.15, 0.2) is 5.13 Å². The highest BCUT2D eigenvalue weighted by atomic mass is 32.2. The van der Waals surface area contributed by atoms with E-state index in [2.05, 4.69) is 15.2 Å². The maximum Gasteiger partial charge on any atom is 0.416 e. The number of benzene rings is 2. The summed E-state index contributed by atoms with van der Waals surface area (Å²) in [4.78, 5) is 20.4. The molecule has 1 N–H and O–H groups in total. The number of aromatic nitrogens is 1. The van der Waals surface area contributed by atoms with Crippen LogP contribution in [-0.4, -0.2) is 26.2 Å². The van der Waals surface area contributed by atoms with E-state index in [-0.39, 0.29) is 5.97 Å². The molecule has 0 saturated heterocycles. The minimum absolute atomic E-state index is 0.265. The molecule has 0 unspecified atom stereocenters. The minimum atomic E-state index is -4.41. The second-order valence-electron chi connectivity index (χ2n) is 11.3. The number of rotatable bonds is 11. The molecule has 0 spiro atoms. The van der Waals surface area contributed by atoms with E-state index < -0.39 is 22.1 Å². The fourth-order valence-electron chi connectivity index (χ4n) is 4.01. The minimum Gasteiger partial charge on any atom is -0.468 e. The predicted molar refractivity (Wildman–Crippen MR) is 161 cm³/mol. The van der Waals surface area contributed by atoms with Crippen LogP contribution in [0.25, 0.3) is 0 Å². The predicted octanol–water partition coefficient (Wildman–Crippen LogP) is 8.91. The number of hydrogen-bond donors (Lipinski definition) is 1. The van der Waals surface area contributed by atoms with Gasteiger partial charge in [0.05, 0.1) is 24.1 Å². The fourth-order valence-corrected chi connectivity index (χ4v) is 5.72. The quantitative estimate of drug-likeness (QED) is 0.133. The molecule has 2 aromatic carbocycles. The molecule has 0 aliphatic rings. The van der Waals surface area contributed by atoms with Gasteiger partial charge >= 0.3 is 12.1 Å². The Balaban J connectivity index is 1.43. The first kappa shape index (κ1) is 31.7. The molecule has 42 heavy (non-hydrogen) atoms. The lowest BCUT2D eigenvalue weighted by atomic mass is 10.1. The lowest BCUT2D eigenvalue weighted by molar-refractivity contribution is -0.156. The molecule has 4 rings (SSSR count). The first-order valence-electron chi connectivity index (χ1n) is 13.3. The molecule has 4 aromatic rings. The highest BCUT2D eigenvalue weighted by Crippen LogP contribution is 2.35. The van der Waals surface area contributed by atoms with Crippen molar-refractivity contribution >= 4 is 39.9 Å². The summed E-state index contributed by atoms with van der Waals surface area (Å²) in [6.45, 7) is 10.9. The van der Waals surface area contributed by atoms with Crippen molar-refractivity contribution in [2.75, 3.05) is 5.32 Å². The molecule has 0 saturated carbocycles. The number of ether oxygens (including phenoxy) is 1. The van der Waals surface area contributed by atoms with Gasteiger partial charge in [0.2, 0.25) is 0 Å². The molecule has 0 fully saturated rings. The first-order chi connectivity index (χ1) is 19.7. The van der Waals surface area contributed by atoms with E-state index >= 15 is 0 Å². The van der Waals surface area contributed by atoms with Crippen LogP contribution in [0.2, 0.25) is 0 Å². The molecule has 0 radical (unpaired) electrons. The van der Waals surface area contributed by atoms with Crippen molar-refractivity contribution in [3.05, 3.63) is 94.9 Å². The molecular formula is C31H34F3N3O3S2. The SMILES string of the molecule is CC(C)(C)OC(=O)C(C)(C)Sc1ccc(CN(Cc2csc(Nc3cccc(C(F)(F)F)c3)n2)Cc2ccco2)cc1. The van der Waals surface area contributed by atoms with Gasteiger partial charge in [0.25, 0.3) is 0 Å². The zero-order valence-corrected chi connectivity index (χ0v) is 25.8. The van der Waals surface area contributed by atoms with Crippen molar-refractivity contribution in [3.63, 3.8) is 0 Å². The number of nitrogens with zero attached hydrogens (tertiary/aromatic N) is 2. The van der Waals surface area contributed by atoms with Crippen LogP contribution in [0, 0.1) is 0 Å². The Hall–Kier alpha value is -3.28. The van der Waals surface area contributed by atoms with Gasteiger partial charge in [-0.1, -0.05) is 18.2 Å². The Morgan fingerprint density at radius 1 is 1.00 bits per heavy atom. The molecule has 0 amide bonds. The summed E-state index contributed by atoms with van der Waals surface area (Å²) in [6.07, 6.45) is -2.78. The second-order valence-corrected chi connectivity index (χ2v) is 13.9. The second kappa shape index (κ2) is 12.9. The summed E-state index contributed by atoms with van der Waals surface area (Å²) < 4.78 is 49.7. The van der Waals surface area contributed by atoms with Crippen LogP contribution in [-0.2, 0) is 35.3 Å². The average molecular weight is 618 g/mol. The third-order valence-corrected chi connectivity index (χ3v) is 7.92. The van der Waals surface area contributed by atoms with Gasteiger partial charge in [-0.05, 0) is 82.6 Å². The van der Waals surface area contributed by atoms with Gasteiger partial charge in [-0.3, -0.25) is 9.69 Å². The van der Waals surface area contributed by atoms with Gasteiger partial charge < -0.3 is 14.5 Å². The van der Waals surface area contributed by atoms with E-state index in [1.54, 1.807) is 12.3 Å². The number of nitrogens with one attached hydrogen (secondary N) is 1. The summed E-state index contributed by atoms with van der Waals surface area (Å²) in [5.74, 6) is 0.540. The molecule has 0 bridgehead atoms. The summed E-state index contributed by atoms with van der Waals surface area (Å²) >= 11 is 2.79. The topological polar surface area (TPSA) is 67.6 Å². The number of anilines is 2. The number of esters is 1. The Morgan fingerprint density at radius 2 is 1.74 bits per heavy atom. The van der Waals surface area contributed by atoms with E-state index in [1.807, 2.05) is 76.4 Å². The zero-order valence-electron chi connectivity index (χ0n) is 24.1. The van der Waals surface area contributed by atoms with Crippen LogP contribution in [0.15, 0.2) is 81.6 Å². The zero-order chi connectivity index (χ0) is 30.5. The number of carbonyl (C=O) groups is 1. The highest BCUT2D eigenvalue weighted by Gasteiger charge is 2.34. The summed E-state index contributed by atoms with van der Waals surface area (Å²) in [5.41, 5.74) is 0.909. The Bertz CT molecular complexity index is 1460. The van der Waals surface area contributed by atoms with Crippen molar-refractivity contribution in [1.29, 1.82) is 0 Å². The van der Waals surface area contributed by atoms with E-state index in [1.165, 1.54) is 29.2 Å². The molecule has 2 heterocycles. The Morgan fingerprint density at radius 3 is 2.38 bits per heavy atom. The van der Waals surface area contributed by atoms with Crippen molar-refractivity contribution < 1.29 is 27.1 Å². The average Bonchev–Trinajstić information content (AvgIpc) is 3.56. The third-order valence-electron chi connectivity index (χ3n) is 5.93. The van der Waals surface area contributed by atoms with Gasteiger partial charge in [0.1, 0.15) is 16.1 Å². The molecule has 0 aliphatic heterocycles. The molecule has 0 aliphatic carbocycles. The van der Waals surface area contributed by atoms with Crippen LogP contribution >= 0.6 is 23.1 Å².